The van der Waals surface area contributed by atoms with Crippen molar-refractivity contribution in [3.05, 3.63) is 0 Å². The highest BCUT2D eigenvalue weighted by atomic mass is 16.5. The third-order valence-corrected chi connectivity index (χ3v) is 2.58. The zero-order valence-electron chi connectivity index (χ0n) is 7.55. The molecule has 0 saturated carbocycles. The van der Waals surface area contributed by atoms with E-state index in [0.29, 0.717) is 17.9 Å². The molecule has 0 aromatic carbocycles. The SMILES string of the molecule is CC(C)C(N)C1CCOCC1. The molecular formula is C9H19NO. The molecule has 1 saturated heterocycles. The number of hydrogen-bond donors (Lipinski definition) is 1. The van der Waals surface area contributed by atoms with Crippen molar-refractivity contribution in [3.8, 4) is 0 Å². The van der Waals surface area contributed by atoms with Crippen molar-refractivity contribution in [1.82, 2.24) is 0 Å². The van der Waals surface area contributed by atoms with Crippen molar-refractivity contribution in [2.45, 2.75) is 32.7 Å². The van der Waals surface area contributed by atoms with E-state index in [-0.39, 0.29) is 0 Å². The predicted molar refractivity (Wildman–Crippen MR) is 46.4 cm³/mol. The lowest BCUT2D eigenvalue weighted by atomic mass is 9.86. The van der Waals surface area contributed by atoms with Gasteiger partial charge in [0.05, 0.1) is 0 Å². The van der Waals surface area contributed by atoms with Gasteiger partial charge >= 0.3 is 0 Å². The van der Waals surface area contributed by atoms with Crippen LogP contribution in [0.15, 0.2) is 0 Å². The number of nitrogens with two attached hydrogens (primary N) is 1. The molecule has 2 N–H and O–H groups in total. The zero-order valence-corrected chi connectivity index (χ0v) is 7.55. The summed E-state index contributed by atoms with van der Waals surface area (Å²) in [5.74, 6) is 1.31. The molecule has 1 unspecified atom stereocenters. The topological polar surface area (TPSA) is 35.2 Å². The largest absolute Gasteiger partial charge is 0.381 e. The quantitative estimate of drug-likeness (QED) is 0.657. The standard InChI is InChI=1S/C9H19NO/c1-7(2)9(10)8-3-5-11-6-4-8/h7-9H,3-6,10H2,1-2H3. The van der Waals surface area contributed by atoms with E-state index in [0.717, 1.165) is 26.1 Å². The smallest absolute Gasteiger partial charge is 0.0469 e. The van der Waals surface area contributed by atoms with Crippen LogP contribution in [0, 0.1) is 11.8 Å². The molecule has 0 aromatic rings. The van der Waals surface area contributed by atoms with Gasteiger partial charge in [-0.15, -0.1) is 0 Å². The van der Waals surface area contributed by atoms with E-state index in [1.165, 1.54) is 0 Å². The Hall–Kier alpha value is -0.0800. The van der Waals surface area contributed by atoms with Crippen LogP contribution in [0.4, 0.5) is 0 Å². The molecule has 1 rings (SSSR count). The van der Waals surface area contributed by atoms with E-state index < -0.39 is 0 Å². The summed E-state index contributed by atoms with van der Waals surface area (Å²) in [7, 11) is 0. The van der Waals surface area contributed by atoms with Gasteiger partial charge in [0.1, 0.15) is 0 Å². The van der Waals surface area contributed by atoms with Crippen LogP contribution in [0.2, 0.25) is 0 Å². The fourth-order valence-corrected chi connectivity index (χ4v) is 1.65. The summed E-state index contributed by atoms with van der Waals surface area (Å²) in [6.07, 6.45) is 2.30. The van der Waals surface area contributed by atoms with Gasteiger partial charge in [-0.05, 0) is 24.7 Å². The van der Waals surface area contributed by atoms with Gasteiger partial charge < -0.3 is 10.5 Å². The second-order valence-corrected chi connectivity index (χ2v) is 3.77. The van der Waals surface area contributed by atoms with Crippen molar-refractivity contribution < 1.29 is 4.74 Å². The van der Waals surface area contributed by atoms with Gasteiger partial charge in [0.25, 0.3) is 0 Å². The maximum atomic E-state index is 6.04. The Morgan fingerprint density at radius 1 is 1.27 bits per heavy atom. The summed E-state index contributed by atoms with van der Waals surface area (Å²) in [6, 6.07) is 0.374. The Morgan fingerprint density at radius 3 is 2.27 bits per heavy atom. The number of hydrogen-bond acceptors (Lipinski definition) is 2. The summed E-state index contributed by atoms with van der Waals surface area (Å²) < 4.78 is 5.27. The van der Waals surface area contributed by atoms with Gasteiger partial charge in [0, 0.05) is 19.3 Å². The van der Waals surface area contributed by atoms with E-state index in [1.807, 2.05) is 0 Å². The monoisotopic (exact) mass is 157 g/mol. The molecule has 2 nitrogen and oxygen atoms in total. The van der Waals surface area contributed by atoms with Crippen molar-refractivity contribution in [2.75, 3.05) is 13.2 Å². The Morgan fingerprint density at radius 2 is 1.82 bits per heavy atom. The predicted octanol–water partition coefficient (Wildman–Crippen LogP) is 1.40. The van der Waals surface area contributed by atoms with E-state index >= 15 is 0 Å². The first-order valence-electron chi connectivity index (χ1n) is 4.55. The van der Waals surface area contributed by atoms with E-state index in [9.17, 15) is 0 Å². The molecule has 1 fully saturated rings. The first-order valence-corrected chi connectivity index (χ1v) is 4.55. The molecule has 0 spiro atoms. The highest BCUT2D eigenvalue weighted by Gasteiger charge is 2.22. The van der Waals surface area contributed by atoms with Crippen LogP contribution in [-0.2, 0) is 4.74 Å². The third kappa shape index (κ3) is 2.46. The van der Waals surface area contributed by atoms with Crippen LogP contribution in [0.25, 0.3) is 0 Å². The Balaban J connectivity index is 2.32. The van der Waals surface area contributed by atoms with Gasteiger partial charge in [0.2, 0.25) is 0 Å². The molecule has 1 aliphatic rings. The Bertz CT molecular complexity index is 108. The lowest BCUT2D eigenvalue weighted by Crippen LogP contribution is -2.38. The van der Waals surface area contributed by atoms with Crippen LogP contribution < -0.4 is 5.73 Å². The van der Waals surface area contributed by atoms with Gasteiger partial charge in [-0.25, -0.2) is 0 Å². The summed E-state index contributed by atoms with van der Waals surface area (Å²) >= 11 is 0. The highest BCUT2D eigenvalue weighted by molar-refractivity contribution is 4.77. The second-order valence-electron chi connectivity index (χ2n) is 3.77. The lowest BCUT2D eigenvalue weighted by molar-refractivity contribution is 0.0532. The normalized spacial score (nSPS) is 24.0. The van der Waals surface area contributed by atoms with Gasteiger partial charge in [-0.3, -0.25) is 0 Å². The molecule has 0 radical (unpaired) electrons. The number of rotatable bonds is 2. The second kappa shape index (κ2) is 4.07. The molecule has 1 aliphatic heterocycles. The maximum Gasteiger partial charge on any atom is 0.0469 e. The van der Waals surface area contributed by atoms with Crippen LogP contribution in [-0.4, -0.2) is 19.3 Å². The van der Waals surface area contributed by atoms with Crippen LogP contribution in [0.3, 0.4) is 0 Å². The van der Waals surface area contributed by atoms with Gasteiger partial charge in [-0.2, -0.15) is 0 Å². The van der Waals surface area contributed by atoms with Crippen LogP contribution in [0.5, 0.6) is 0 Å². The Labute approximate surface area is 69.1 Å². The average Bonchev–Trinajstić information content (AvgIpc) is 2.05. The van der Waals surface area contributed by atoms with Gasteiger partial charge in [-0.1, -0.05) is 13.8 Å². The molecule has 11 heavy (non-hydrogen) atoms. The van der Waals surface area contributed by atoms with E-state index in [2.05, 4.69) is 13.8 Å². The van der Waals surface area contributed by atoms with Crippen molar-refractivity contribution in [3.63, 3.8) is 0 Å². The summed E-state index contributed by atoms with van der Waals surface area (Å²) in [6.45, 7) is 6.20. The highest BCUT2D eigenvalue weighted by Crippen LogP contribution is 2.21. The minimum absolute atomic E-state index is 0.374. The summed E-state index contributed by atoms with van der Waals surface area (Å²) in [5.41, 5.74) is 6.04. The first kappa shape index (κ1) is 9.01. The molecule has 2 heteroatoms. The Kier molecular flexibility index (Phi) is 3.34. The summed E-state index contributed by atoms with van der Waals surface area (Å²) in [4.78, 5) is 0. The van der Waals surface area contributed by atoms with Crippen molar-refractivity contribution in [1.29, 1.82) is 0 Å². The third-order valence-electron chi connectivity index (χ3n) is 2.58. The van der Waals surface area contributed by atoms with Crippen LogP contribution >= 0.6 is 0 Å². The molecule has 1 atom stereocenters. The maximum absolute atomic E-state index is 6.04. The number of ether oxygens (including phenoxy) is 1. The first-order chi connectivity index (χ1) is 5.22. The molecule has 0 aliphatic carbocycles. The van der Waals surface area contributed by atoms with Crippen molar-refractivity contribution >= 4 is 0 Å². The summed E-state index contributed by atoms with van der Waals surface area (Å²) in [5, 5.41) is 0. The van der Waals surface area contributed by atoms with Crippen LogP contribution in [0.1, 0.15) is 26.7 Å². The minimum atomic E-state index is 0.374. The van der Waals surface area contributed by atoms with Crippen molar-refractivity contribution in [2.24, 2.45) is 17.6 Å². The fourth-order valence-electron chi connectivity index (χ4n) is 1.65. The molecule has 0 bridgehead atoms. The lowest BCUT2D eigenvalue weighted by Gasteiger charge is -2.29. The average molecular weight is 157 g/mol. The fraction of sp³-hybridized carbons (Fsp3) is 1.00. The van der Waals surface area contributed by atoms with Gasteiger partial charge in [0.15, 0.2) is 0 Å². The molecular weight excluding hydrogens is 138 g/mol. The van der Waals surface area contributed by atoms with E-state index in [1.54, 1.807) is 0 Å². The molecule has 1 heterocycles. The molecule has 0 aromatic heterocycles. The zero-order chi connectivity index (χ0) is 8.27. The minimum Gasteiger partial charge on any atom is -0.381 e. The molecule has 66 valence electrons. The molecule has 0 amide bonds. The van der Waals surface area contributed by atoms with E-state index in [4.69, 9.17) is 10.5 Å².